The molecule has 2 aromatic carbocycles. The number of fused-ring (bicyclic) bond motifs is 1. The molecule has 2 aromatic rings. The van der Waals surface area contributed by atoms with Crippen LogP contribution in [-0.2, 0) is 11.3 Å². The van der Waals surface area contributed by atoms with Crippen molar-refractivity contribution in [2.24, 2.45) is 5.73 Å². The van der Waals surface area contributed by atoms with Crippen LogP contribution in [0.15, 0.2) is 40.9 Å². The second-order valence-corrected chi connectivity index (χ2v) is 5.70. The van der Waals surface area contributed by atoms with Crippen molar-refractivity contribution in [3.8, 4) is 0 Å². The van der Waals surface area contributed by atoms with Crippen LogP contribution in [0.1, 0.15) is 17.2 Å². The van der Waals surface area contributed by atoms with Crippen molar-refractivity contribution < 1.29 is 13.6 Å². The molecule has 3 rings (SSSR count). The number of benzene rings is 2. The summed E-state index contributed by atoms with van der Waals surface area (Å²) < 4.78 is 27.1. The average molecular weight is 353 g/mol. The molecule has 0 saturated heterocycles. The highest BCUT2D eigenvalue weighted by molar-refractivity contribution is 9.10. The molecular weight excluding hydrogens is 342 g/mol. The van der Waals surface area contributed by atoms with E-state index in [1.54, 1.807) is 6.07 Å². The lowest BCUT2D eigenvalue weighted by Crippen LogP contribution is -2.31. The lowest BCUT2D eigenvalue weighted by atomic mass is 10.1. The van der Waals surface area contributed by atoms with Crippen LogP contribution >= 0.6 is 15.9 Å². The summed E-state index contributed by atoms with van der Waals surface area (Å²) in [6.45, 7) is 0.198. The molecule has 3 nitrogen and oxygen atoms in total. The predicted octanol–water partition coefficient (Wildman–Crippen LogP) is 3.27. The van der Waals surface area contributed by atoms with E-state index in [-0.39, 0.29) is 18.3 Å². The van der Waals surface area contributed by atoms with Crippen LogP contribution in [0.25, 0.3) is 0 Å². The Morgan fingerprint density at radius 3 is 2.52 bits per heavy atom. The summed E-state index contributed by atoms with van der Waals surface area (Å²) in [6, 6.07) is 7.51. The number of carbonyl (C=O) groups excluding carboxylic acids is 1. The van der Waals surface area contributed by atoms with Crippen LogP contribution in [0.3, 0.4) is 0 Å². The van der Waals surface area contributed by atoms with Crippen molar-refractivity contribution in [2.75, 3.05) is 4.90 Å². The first-order chi connectivity index (χ1) is 9.97. The van der Waals surface area contributed by atoms with Crippen LogP contribution in [0.2, 0.25) is 0 Å². The van der Waals surface area contributed by atoms with Crippen molar-refractivity contribution in [3.05, 3.63) is 63.6 Å². The monoisotopic (exact) mass is 352 g/mol. The van der Waals surface area contributed by atoms with Gasteiger partial charge in [-0.3, -0.25) is 4.79 Å². The number of hydrogen-bond donors (Lipinski definition) is 1. The molecule has 1 unspecified atom stereocenters. The zero-order chi connectivity index (χ0) is 15.1. The normalized spacial score (nSPS) is 17.2. The molecule has 1 heterocycles. The van der Waals surface area contributed by atoms with Crippen LogP contribution < -0.4 is 10.6 Å². The van der Waals surface area contributed by atoms with E-state index in [1.165, 1.54) is 35.2 Å². The van der Waals surface area contributed by atoms with Gasteiger partial charge in [-0.05, 0) is 29.8 Å². The number of nitrogens with two attached hydrogens (primary N) is 1. The Balaban J connectivity index is 2.00. The Morgan fingerprint density at radius 2 is 1.81 bits per heavy atom. The number of hydrogen-bond acceptors (Lipinski definition) is 2. The van der Waals surface area contributed by atoms with E-state index >= 15 is 0 Å². The molecule has 0 bridgehead atoms. The minimum Gasteiger partial charge on any atom is -0.316 e. The molecule has 0 aliphatic carbocycles. The summed E-state index contributed by atoms with van der Waals surface area (Å²) in [5.74, 6) is -1.10. The number of carbonyl (C=O) groups is 1. The summed E-state index contributed by atoms with van der Waals surface area (Å²) in [5, 5.41) is 0. The maximum Gasteiger partial charge on any atom is 0.248 e. The first-order valence-electron chi connectivity index (χ1n) is 6.27. The standard InChI is InChI=1S/C15H11BrF2N2O/c16-12-5-9(17)2-1-8(12)7-20-13-6-10(18)3-4-11(13)14(19)15(20)21/h1-6,14H,7,19H2. The fraction of sp³-hybridized carbons (Fsp3) is 0.133. The molecule has 1 atom stereocenters. The Labute approximate surface area is 128 Å². The summed E-state index contributed by atoms with van der Waals surface area (Å²) in [4.78, 5) is 13.7. The third kappa shape index (κ3) is 2.45. The predicted molar refractivity (Wildman–Crippen MR) is 78.6 cm³/mol. The van der Waals surface area contributed by atoms with Gasteiger partial charge in [-0.1, -0.05) is 28.1 Å². The Morgan fingerprint density at radius 1 is 1.14 bits per heavy atom. The minimum absolute atomic E-state index is 0.198. The number of amides is 1. The smallest absolute Gasteiger partial charge is 0.248 e. The highest BCUT2D eigenvalue weighted by atomic mass is 79.9. The fourth-order valence-electron chi connectivity index (χ4n) is 2.42. The van der Waals surface area contributed by atoms with Gasteiger partial charge in [0.05, 0.1) is 12.2 Å². The molecule has 2 N–H and O–H groups in total. The van der Waals surface area contributed by atoms with Gasteiger partial charge in [0.25, 0.3) is 0 Å². The average Bonchev–Trinajstić information content (AvgIpc) is 2.66. The van der Waals surface area contributed by atoms with Gasteiger partial charge < -0.3 is 10.6 Å². The fourth-order valence-corrected chi connectivity index (χ4v) is 2.89. The highest BCUT2D eigenvalue weighted by Gasteiger charge is 2.35. The second-order valence-electron chi connectivity index (χ2n) is 4.84. The van der Waals surface area contributed by atoms with Gasteiger partial charge in [0.1, 0.15) is 17.7 Å². The highest BCUT2D eigenvalue weighted by Crippen LogP contribution is 2.36. The Kier molecular flexibility index (Phi) is 3.51. The van der Waals surface area contributed by atoms with E-state index in [0.717, 1.165) is 0 Å². The van der Waals surface area contributed by atoms with Gasteiger partial charge in [-0.2, -0.15) is 0 Å². The van der Waals surface area contributed by atoms with Gasteiger partial charge in [0.2, 0.25) is 5.91 Å². The first-order valence-corrected chi connectivity index (χ1v) is 7.07. The lowest BCUT2D eigenvalue weighted by molar-refractivity contribution is -0.119. The third-order valence-electron chi connectivity index (χ3n) is 3.49. The zero-order valence-electron chi connectivity index (χ0n) is 10.8. The maximum atomic E-state index is 13.4. The summed E-state index contributed by atoms with van der Waals surface area (Å²) >= 11 is 3.26. The van der Waals surface area contributed by atoms with Crippen LogP contribution in [-0.4, -0.2) is 5.91 Å². The number of halogens is 3. The quantitative estimate of drug-likeness (QED) is 0.901. The molecular formula is C15H11BrF2N2O. The summed E-state index contributed by atoms with van der Waals surface area (Å²) in [5.41, 5.74) is 7.64. The van der Waals surface area contributed by atoms with Gasteiger partial charge in [-0.25, -0.2) is 8.78 Å². The van der Waals surface area contributed by atoms with Crippen molar-refractivity contribution in [3.63, 3.8) is 0 Å². The minimum atomic E-state index is -0.792. The van der Waals surface area contributed by atoms with Crippen molar-refractivity contribution in [2.45, 2.75) is 12.6 Å². The van der Waals surface area contributed by atoms with Crippen LogP contribution in [0, 0.1) is 11.6 Å². The van der Waals surface area contributed by atoms with E-state index in [9.17, 15) is 13.6 Å². The SMILES string of the molecule is NC1C(=O)N(Cc2ccc(F)cc2Br)c2cc(F)ccc21. The molecule has 21 heavy (non-hydrogen) atoms. The third-order valence-corrected chi connectivity index (χ3v) is 4.23. The van der Waals surface area contributed by atoms with Crippen molar-refractivity contribution in [1.29, 1.82) is 0 Å². The maximum absolute atomic E-state index is 13.4. The second kappa shape index (κ2) is 5.20. The molecule has 6 heteroatoms. The van der Waals surface area contributed by atoms with Gasteiger partial charge in [-0.15, -0.1) is 0 Å². The first kappa shape index (κ1) is 14.2. The molecule has 108 valence electrons. The molecule has 0 saturated carbocycles. The Bertz CT molecular complexity index is 736. The van der Waals surface area contributed by atoms with E-state index < -0.39 is 11.9 Å². The lowest BCUT2D eigenvalue weighted by Gasteiger charge is -2.18. The zero-order valence-corrected chi connectivity index (χ0v) is 12.4. The summed E-state index contributed by atoms with van der Waals surface area (Å²) in [6.07, 6.45) is 0. The van der Waals surface area contributed by atoms with E-state index in [4.69, 9.17) is 5.73 Å². The van der Waals surface area contributed by atoms with Gasteiger partial charge >= 0.3 is 0 Å². The van der Waals surface area contributed by atoms with E-state index in [1.807, 2.05) is 0 Å². The molecule has 0 spiro atoms. The van der Waals surface area contributed by atoms with Gasteiger partial charge in [0.15, 0.2) is 0 Å². The molecule has 1 aliphatic heterocycles. The van der Waals surface area contributed by atoms with E-state index in [0.29, 0.717) is 21.3 Å². The molecule has 1 amide bonds. The molecule has 1 aliphatic rings. The molecule has 0 fully saturated rings. The topological polar surface area (TPSA) is 46.3 Å². The van der Waals surface area contributed by atoms with E-state index in [2.05, 4.69) is 15.9 Å². The number of rotatable bonds is 2. The Hall–Kier alpha value is -1.79. The number of anilines is 1. The van der Waals surface area contributed by atoms with Crippen molar-refractivity contribution in [1.82, 2.24) is 0 Å². The molecule has 0 aromatic heterocycles. The van der Waals surface area contributed by atoms with Crippen LogP contribution in [0.5, 0.6) is 0 Å². The van der Waals surface area contributed by atoms with Crippen LogP contribution in [0.4, 0.5) is 14.5 Å². The largest absolute Gasteiger partial charge is 0.316 e. The molecule has 0 radical (unpaired) electrons. The number of nitrogens with zero attached hydrogens (tertiary/aromatic N) is 1. The summed E-state index contributed by atoms with van der Waals surface area (Å²) in [7, 11) is 0. The van der Waals surface area contributed by atoms with Gasteiger partial charge in [0, 0.05) is 10.0 Å². The van der Waals surface area contributed by atoms with Crippen molar-refractivity contribution >= 4 is 27.5 Å².